The zero-order chi connectivity index (χ0) is 8.97. The molecule has 0 N–H and O–H groups in total. The monoisotopic (exact) mass is 274 g/mol. The molecule has 1 rings (SSSR count). The zero-order valence-electron chi connectivity index (χ0n) is 9.83. The molecule has 1 radical (unpaired) electrons. The zero-order valence-corrected chi connectivity index (χ0v) is 12.7. The Kier molecular flexibility index (Phi) is 11.5. The Hall–Kier alpha value is 1.02. The van der Waals surface area contributed by atoms with Crippen LogP contribution in [0.3, 0.4) is 0 Å². The molecule has 14 heavy (non-hydrogen) atoms. The van der Waals surface area contributed by atoms with Crippen molar-refractivity contribution in [1.82, 2.24) is 4.90 Å². The number of ether oxygens (including phenoxy) is 1. The van der Waals surface area contributed by atoms with Gasteiger partial charge in [0, 0.05) is 45.3 Å². The number of nitrogens with zero attached hydrogens (tertiary/aromatic N) is 1. The van der Waals surface area contributed by atoms with E-state index in [4.69, 9.17) is 4.74 Å². The summed E-state index contributed by atoms with van der Waals surface area (Å²) in [5, 5.41) is 0. The van der Waals surface area contributed by atoms with Gasteiger partial charge in [-0.2, -0.15) is 0 Å². The fraction of sp³-hybridized carbons (Fsp3) is 0.818. The molecule has 0 aromatic heterocycles. The van der Waals surface area contributed by atoms with E-state index in [0.717, 1.165) is 12.5 Å². The summed E-state index contributed by atoms with van der Waals surface area (Å²) in [6.07, 6.45) is 2.60. The van der Waals surface area contributed by atoms with Crippen molar-refractivity contribution >= 4 is 0 Å². The van der Waals surface area contributed by atoms with Gasteiger partial charge in [-0.25, -0.2) is 0 Å². The molecular weight excluding hydrogens is 251 g/mol. The topological polar surface area (TPSA) is 12.5 Å². The molecule has 0 saturated carbocycles. The van der Waals surface area contributed by atoms with Crippen molar-refractivity contribution in [3.8, 4) is 0 Å². The first-order chi connectivity index (χ1) is 5.77. The molecule has 1 saturated heterocycles. The third-order valence-electron chi connectivity index (χ3n) is 2.81. The van der Waals surface area contributed by atoms with Gasteiger partial charge >= 0.3 is 0 Å². The Morgan fingerprint density at radius 1 is 1.50 bits per heavy atom. The number of hydrogen-bond donors (Lipinski definition) is 0. The molecule has 2 unspecified atom stereocenters. The Morgan fingerprint density at radius 2 is 2.14 bits per heavy atom. The van der Waals surface area contributed by atoms with Gasteiger partial charge in [0.1, 0.15) is 0 Å². The second-order valence-corrected chi connectivity index (χ2v) is 3.68. The van der Waals surface area contributed by atoms with Crippen molar-refractivity contribution in [3.05, 3.63) is 14.4 Å². The first-order valence-electron chi connectivity index (χ1n) is 4.85. The van der Waals surface area contributed by atoms with E-state index in [2.05, 4.69) is 25.8 Å². The van der Waals surface area contributed by atoms with E-state index in [1.807, 2.05) is 0 Å². The van der Waals surface area contributed by atoms with Crippen molar-refractivity contribution < 1.29 is 37.4 Å². The summed E-state index contributed by atoms with van der Waals surface area (Å²) in [6.45, 7) is 8.63. The summed E-state index contributed by atoms with van der Waals surface area (Å²) in [5.74, 6) is 0.883. The van der Waals surface area contributed by atoms with E-state index in [9.17, 15) is 0 Å². The molecule has 1 aliphatic heterocycles. The Morgan fingerprint density at radius 3 is 2.57 bits per heavy atom. The molecule has 0 bridgehead atoms. The van der Waals surface area contributed by atoms with E-state index in [-0.39, 0.29) is 40.1 Å². The van der Waals surface area contributed by atoms with Crippen LogP contribution in [-0.2, 0) is 37.4 Å². The molecule has 3 heteroatoms. The van der Waals surface area contributed by atoms with E-state index in [0.29, 0.717) is 12.6 Å². The van der Waals surface area contributed by atoms with Crippen LogP contribution in [0.25, 0.3) is 0 Å². The average molecular weight is 274 g/mol. The minimum atomic E-state index is 0. The minimum absolute atomic E-state index is 0. The summed E-state index contributed by atoms with van der Waals surface area (Å²) < 4.78 is 5.33. The third kappa shape index (κ3) is 5.20. The third-order valence-corrected chi connectivity index (χ3v) is 2.81. The van der Waals surface area contributed by atoms with E-state index in [1.165, 1.54) is 19.4 Å². The Bertz CT molecular complexity index is 132. The standard InChI is InChI=1S/C10H20NO.CH3.Y/c1-4-9-6-10(8-12-5-2)11(3)7-9;;/h9-10H,2,4-8H2,1,3H3;1H3;/q2*-1;. The number of hydrogen-bond acceptors (Lipinski definition) is 2. The summed E-state index contributed by atoms with van der Waals surface area (Å²) in [7, 11) is 2.19. The van der Waals surface area contributed by atoms with Crippen LogP contribution in [0.4, 0.5) is 0 Å². The van der Waals surface area contributed by atoms with Crippen molar-refractivity contribution in [2.24, 2.45) is 5.92 Å². The molecule has 83 valence electrons. The van der Waals surface area contributed by atoms with Gasteiger partial charge in [0.15, 0.2) is 0 Å². The van der Waals surface area contributed by atoms with Crippen LogP contribution in [0, 0.1) is 20.3 Å². The predicted molar refractivity (Wildman–Crippen MR) is 57.4 cm³/mol. The molecule has 0 aromatic carbocycles. The van der Waals surface area contributed by atoms with Gasteiger partial charge in [0.05, 0.1) is 6.61 Å². The van der Waals surface area contributed by atoms with Crippen LogP contribution >= 0.6 is 0 Å². The molecule has 1 aliphatic rings. The summed E-state index contributed by atoms with van der Waals surface area (Å²) in [5.41, 5.74) is 0. The molecule has 2 nitrogen and oxygen atoms in total. The van der Waals surface area contributed by atoms with Gasteiger partial charge in [-0.1, -0.05) is 20.0 Å². The molecule has 0 aliphatic carbocycles. The van der Waals surface area contributed by atoms with Crippen molar-refractivity contribution in [1.29, 1.82) is 0 Å². The number of rotatable bonds is 4. The van der Waals surface area contributed by atoms with Crippen LogP contribution in [0.15, 0.2) is 0 Å². The van der Waals surface area contributed by atoms with Crippen LogP contribution < -0.4 is 0 Å². The fourth-order valence-corrected chi connectivity index (χ4v) is 1.91. The maximum absolute atomic E-state index is 5.33. The molecule has 0 aromatic rings. The molecular formula is C11H23NOY-2. The van der Waals surface area contributed by atoms with Crippen LogP contribution in [0.5, 0.6) is 0 Å². The van der Waals surface area contributed by atoms with E-state index in [1.54, 1.807) is 0 Å². The van der Waals surface area contributed by atoms with Gasteiger partial charge in [0.2, 0.25) is 0 Å². The molecule has 1 fully saturated rings. The quantitative estimate of drug-likeness (QED) is 0.727. The first-order valence-corrected chi connectivity index (χ1v) is 4.85. The second kappa shape index (κ2) is 9.26. The SMILES string of the molecule is [CH2-]COCC1CC(CC)CN1C.[CH3-].[Y]. The maximum atomic E-state index is 5.33. The van der Waals surface area contributed by atoms with Crippen molar-refractivity contribution in [3.63, 3.8) is 0 Å². The van der Waals surface area contributed by atoms with Crippen LogP contribution in [0.2, 0.25) is 0 Å². The Balaban J connectivity index is 0. The fourth-order valence-electron chi connectivity index (χ4n) is 1.91. The van der Waals surface area contributed by atoms with Gasteiger partial charge in [-0.15, -0.1) is 0 Å². The van der Waals surface area contributed by atoms with Crippen molar-refractivity contribution in [2.45, 2.75) is 25.8 Å². The predicted octanol–water partition coefficient (Wildman–Crippen LogP) is 2.02. The van der Waals surface area contributed by atoms with Gasteiger partial charge in [-0.05, 0) is 19.4 Å². The second-order valence-electron chi connectivity index (χ2n) is 3.68. The van der Waals surface area contributed by atoms with E-state index < -0.39 is 0 Å². The average Bonchev–Trinajstić information content (AvgIpc) is 2.43. The minimum Gasteiger partial charge on any atom is -0.412 e. The maximum Gasteiger partial charge on any atom is 0.0586 e. The summed E-state index contributed by atoms with van der Waals surface area (Å²) in [4.78, 5) is 2.41. The molecule has 2 atom stereocenters. The Labute approximate surface area is 115 Å². The van der Waals surface area contributed by atoms with Crippen molar-refractivity contribution in [2.75, 3.05) is 26.8 Å². The van der Waals surface area contributed by atoms with Crippen LogP contribution in [0.1, 0.15) is 19.8 Å². The molecule has 0 amide bonds. The number of likely N-dealkylation sites (N-methyl/N-ethyl adjacent to an activating group) is 1. The van der Waals surface area contributed by atoms with Gasteiger partial charge in [-0.3, -0.25) is 0 Å². The molecule has 0 spiro atoms. The summed E-state index contributed by atoms with van der Waals surface area (Å²) in [6, 6.07) is 0.636. The van der Waals surface area contributed by atoms with Gasteiger partial charge < -0.3 is 24.0 Å². The summed E-state index contributed by atoms with van der Waals surface area (Å²) >= 11 is 0. The first kappa shape index (κ1) is 17.4. The number of likely N-dealkylation sites (tertiary alicyclic amines) is 1. The molecule has 1 heterocycles. The smallest absolute Gasteiger partial charge is 0.0586 e. The normalized spacial score (nSPS) is 26.8. The largest absolute Gasteiger partial charge is 0.412 e. The van der Waals surface area contributed by atoms with Gasteiger partial charge in [0.25, 0.3) is 0 Å². The van der Waals surface area contributed by atoms with E-state index >= 15 is 0 Å². The van der Waals surface area contributed by atoms with Crippen LogP contribution in [-0.4, -0.2) is 37.7 Å².